The minimum atomic E-state index is -1.02. The minimum Gasteiger partial charge on any atom is -0.481 e. The van der Waals surface area contributed by atoms with Crippen LogP contribution in [0.15, 0.2) is 22.7 Å². The predicted molar refractivity (Wildman–Crippen MR) is 76.6 cm³/mol. The zero-order valence-corrected chi connectivity index (χ0v) is 12.8. The van der Waals surface area contributed by atoms with Gasteiger partial charge in [-0.05, 0) is 47.0 Å². The molecule has 0 spiro atoms. The van der Waals surface area contributed by atoms with Gasteiger partial charge in [0.25, 0.3) is 5.91 Å². The van der Waals surface area contributed by atoms with E-state index in [1.165, 1.54) is 12.1 Å². The van der Waals surface area contributed by atoms with Gasteiger partial charge in [-0.15, -0.1) is 0 Å². The van der Waals surface area contributed by atoms with E-state index in [1.54, 1.807) is 0 Å². The molecule has 1 aliphatic heterocycles. The normalized spacial score (nSPS) is 17.2. The molecule has 0 unspecified atom stereocenters. The van der Waals surface area contributed by atoms with Gasteiger partial charge in [0.05, 0.1) is 11.0 Å². The van der Waals surface area contributed by atoms with Crippen molar-refractivity contribution >= 4 is 27.8 Å². The van der Waals surface area contributed by atoms with Crippen molar-refractivity contribution in [3.63, 3.8) is 0 Å². The molecule has 1 saturated heterocycles. The van der Waals surface area contributed by atoms with Gasteiger partial charge >= 0.3 is 5.97 Å². The number of hydrogen-bond acceptors (Lipinski definition) is 3. The Labute approximate surface area is 129 Å². The van der Waals surface area contributed by atoms with Crippen LogP contribution >= 0.6 is 15.9 Å². The van der Waals surface area contributed by atoms with Crippen LogP contribution in [0.25, 0.3) is 0 Å². The second kappa shape index (κ2) is 6.53. The maximum Gasteiger partial charge on any atom is 0.311 e. The van der Waals surface area contributed by atoms with Crippen molar-refractivity contribution in [3.8, 4) is 0 Å². The SMILES string of the molecule is O=C(NCC1(C(=O)O)CCOCC1)c1cc(F)ccc1Br. The van der Waals surface area contributed by atoms with Crippen LogP contribution in [-0.4, -0.2) is 36.7 Å². The molecule has 2 N–H and O–H groups in total. The molecule has 1 amide bonds. The Morgan fingerprint density at radius 2 is 2.05 bits per heavy atom. The highest BCUT2D eigenvalue weighted by atomic mass is 79.9. The number of nitrogens with one attached hydrogen (secondary N) is 1. The quantitative estimate of drug-likeness (QED) is 0.863. The largest absolute Gasteiger partial charge is 0.481 e. The predicted octanol–water partition coefficient (Wildman–Crippen LogP) is 2.20. The summed E-state index contributed by atoms with van der Waals surface area (Å²) in [5.41, 5.74) is -0.879. The molecular formula is C14H15BrFNO4. The number of carbonyl (C=O) groups is 2. The van der Waals surface area contributed by atoms with Gasteiger partial charge < -0.3 is 15.2 Å². The Kier molecular flexibility index (Phi) is 4.95. The number of hydrogen-bond donors (Lipinski definition) is 2. The summed E-state index contributed by atoms with van der Waals surface area (Å²) in [5.74, 6) is -1.99. The zero-order chi connectivity index (χ0) is 15.5. The number of amides is 1. The van der Waals surface area contributed by atoms with Gasteiger partial charge in [0.15, 0.2) is 0 Å². The van der Waals surface area contributed by atoms with E-state index in [1.807, 2.05) is 0 Å². The van der Waals surface area contributed by atoms with Gasteiger partial charge in [-0.2, -0.15) is 0 Å². The van der Waals surface area contributed by atoms with Crippen LogP contribution in [0.2, 0.25) is 0 Å². The lowest BCUT2D eigenvalue weighted by molar-refractivity contribution is -0.154. The van der Waals surface area contributed by atoms with Gasteiger partial charge in [-0.3, -0.25) is 9.59 Å². The Morgan fingerprint density at radius 1 is 1.38 bits per heavy atom. The van der Waals surface area contributed by atoms with Crippen molar-refractivity contribution in [1.82, 2.24) is 5.32 Å². The first kappa shape index (κ1) is 15.9. The van der Waals surface area contributed by atoms with Gasteiger partial charge in [-0.25, -0.2) is 4.39 Å². The highest BCUT2D eigenvalue weighted by Crippen LogP contribution is 2.30. The Morgan fingerprint density at radius 3 is 2.67 bits per heavy atom. The number of halogens is 2. The number of benzene rings is 1. The van der Waals surface area contributed by atoms with Crippen LogP contribution < -0.4 is 5.32 Å². The lowest BCUT2D eigenvalue weighted by Gasteiger charge is -2.33. The monoisotopic (exact) mass is 359 g/mol. The lowest BCUT2D eigenvalue weighted by Crippen LogP contribution is -2.46. The molecule has 114 valence electrons. The van der Waals surface area contributed by atoms with Crippen LogP contribution in [0.3, 0.4) is 0 Å². The summed E-state index contributed by atoms with van der Waals surface area (Å²) in [6.07, 6.45) is 0.680. The molecule has 1 aromatic carbocycles. The molecule has 1 aromatic rings. The molecular weight excluding hydrogens is 345 g/mol. The molecule has 0 aromatic heterocycles. The van der Waals surface area contributed by atoms with Crippen molar-refractivity contribution in [1.29, 1.82) is 0 Å². The average molecular weight is 360 g/mol. The van der Waals surface area contributed by atoms with Crippen molar-refractivity contribution < 1.29 is 23.8 Å². The lowest BCUT2D eigenvalue weighted by atomic mass is 9.80. The molecule has 0 atom stereocenters. The van der Waals surface area contributed by atoms with Gasteiger partial charge in [-0.1, -0.05) is 0 Å². The Balaban J connectivity index is 2.08. The van der Waals surface area contributed by atoms with Crippen LogP contribution in [-0.2, 0) is 9.53 Å². The van der Waals surface area contributed by atoms with E-state index in [0.717, 1.165) is 6.07 Å². The van der Waals surface area contributed by atoms with E-state index in [-0.39, 0.29) is 12.1 Å². The fourth-order valence-corrected chi connectivity index (χ4v) is 2.67. The zero-order valence-electron chi connectivity index (χ0n) is 11.2. The van der Waals surface area contributed by atoms with E-state index >= 15 is 0 Å². The van der Waals surface area contributed by atoms with E-state index in [4.69, 9.17) is 4.74 Å². The highest BCUT2D eigenvalue weighted by molar-refractivity contribution is 9.10. The van der Waals surface area contributed by atoms with E-state index < -0.39 is 23.1 Å². The topological polar surface area (TPSA) is 75.6 Å². The highest BCUT2D eigenvalue weighted by Gasteiger charge is 2.40. The third kappa shape index (κ3) is 3.59. The molecule has 0 aliphatic carbocycles. The fraction of sp³-hybridized carbons (Fsp3) is 0.429. The summed E-state index contributed by atoms with van der Waals surface area (Å²) in [6.45, 7) is 0.700. The maximum absolute atomic E-state index is 13.2. The number of aliphatic carboxylic acids is 1. The maximum atomic E-state index is 13.2. The van der Waals surface area contributed by atoms with Crippen LogP contribution in [0.4, 0.5) is 4.39 Å². The molecule has 21 heavy (non-hydrogen) atoms. The molecule has 0 radical (unpaired) electrons. The van der Waals surface area contributed by atoms with E-state index in [0.29, 0.717) is 30.5 Å². The van der Waals surface area contributed by atoms with Crippen LogP contribution in [0, 0.1) is 11.2 Å². The van der Waals surface area contributed by atoms with E-state index in [2.05, 4.69) is 21.2 Å². The number of carboxylic acids is 1. The standard InChI is InChI=1S/C14H15BrFNO4/c15-11-2-1-9(16)7-10(11)12(18)17-8-14(13(19)20)3-5-21-6-4-14/h1-2,7H,3-6,8H2,(H,17,18)(H,19,20). The van der Waals surface area contributed by atoms with Gasteiger partial charge in [0.1, 0.15) is 5.82 Å². The number of carbonyl (C=O) groups excluding carboxylic acids is 1. The summed E-state index contributed by atoms with van der Waals surface area (Å²) in [6, 6.07) is 3.78. The number of carboxylic acid groups (broad SMARTS) is 1. The second-order valence-electron chi connectivity index (χ2n) is 5.00. The first-order valence-corrected chi connectivity index (χ1v) is 7.28. The molecule has 2 rings (SSSR count). The molecule has 1 aliphatic rings. The van der Waals surface area contributed by atoms with Crippen molar-refractivity contribution in [2.45, 2.75) is 12.8 Å². The van der Waals surface area contributed by atoms with Crippen molar-refractivity contribution in [3.05, 3.63) is 34.1 Å². The summed E-state index contributed by atoms with van der Waals surface area (Å²) in [7, 11) is 0. The first-order valence-electron chi connectivity index (χ1n) is 6.49. The summed E-state index contributed by atoms with van der Waals surface area (Å²) >= 11 is 3.18. The molecule has 7 heteroatoms. The average Bonchev–Trinajstić information content (AvgIpc) is 2.48. The smallest absolute Gasteiger partial charge is 0.311 e. The molecule has 1 heterocycles. The van der Waals surface area contributed by atoms with Gasteiger partial charge in [0, 0.05) is 24.2 Å². The molecule has 0 saturated carbocycles. The molecule has 1 fully saturated rings. The Hall–Kier alpha value is -1.47. The molecule has 5 nitrogen and oxygen atoms in total. The van der Waals surface area contributed by atoms with E-state index in [9.17, 15) is 19.1 Å². The fourth-order valence-electron chi connectivity index (χ4n) is 2.24. The second-order valence-corrected chi connectivity index (χ2v) is 5.86. The summed E-state index contributed by atoms with van der Waals surface area (Å²) in [4.78, 5) is 23.6. The third-order valence-corrected chi connectivity index (χ3v) is 4.36. The van der Waals surface area contributed by atoms with Gasteiger partial charge in [0.2, 0.25) is 0 Å². The minimum absolute atomic E-state index is 0.00647. The van der Waals surface area contributed by atoms with Crippen LogP contribution in [0.1, 0.15) is 23.2 Å². The number of ether oxygens (including phenoxy) is 1. The molecule has 0 bridgehead atoms. The Bertz CT molecular complexity index is 558. The third-order valence-electron chi connectivity index (χ3n) is 3.66. The van der Waals surface area contributed by atoms with Crippen molar-refractivity contribution in [2.24, 2.45) is 5.41 Å². The number of rotatable bonds is 4. The van der Waals surface area contributed by atoms with Crippen molar-refractivity contribution in [2.75, 3.05) is 19.8 Å². The van der Waals surface area contributed by atoms with Crippen LogP contribution in [0.5, 0.6) is 0 Å². The summed E-state index contributed by atoms with van der Waals surface area (Å²) in [5, 5.41) is 12.0. The summed E-state index contributed by atoms with van der Waals surface area (Å²) < 4.78 is 18.8. The first-order chi connectivity index (χ1) is 9.94.